The zero-order valence-electron chi connectivity index (χ0n) is 10.7. The van der Waals surface area contributed by atoms with E-state index in [-0.39, 0.29) is 0 Å². The number of hydrogen-bond donors (Lipinski definition) is 2. The zero-order chi connectivity index (χ0) is 13.2. The predicted molar refractivity (Wildman–Crippen MR) is 77.7 cm³/mol. The Kier molecular flexibility index (Phi) is 2.95. The molecule has 0 atom stereocenters. The molecule has 19 heavy (non-hydrogen) atoms. The van der Waals surface area contributed by atoms with E-state index >= 15 is 0 Å². The molecule has 0 aromatic carbocycles. The molecular formula is C14H17N5. The first kappa shape index (κ1) is 11.8. The van der Waals surface area contributed by atoms with Gasteiger partial charge in [0.1, 0.15) is 17.5 Å². The molecule has 0 amide bonds. The van der Waals surface area contributed by atoms with E-state index < -0.39 is 0 Å². The minimum atomic E-state index is 0.433. The van der Waals surface area contributed by atoms with Crippen molar-refractivity contribution >= 4 is 17.5 Å². The van der Waals surface area contributed by atoms with Crippen molar-refractivity contribution in [1.82, 2.24) is 9.97 Å². The molecule has 1 fully saturated rings. The Balaban J connectivity index is 1.89. The minimum Gasteiger partial charge on any atom is -0.384 e. The van der Waals surface area contributed by atoms with Crippen LogP contribution in [0.4, 0.5) is 17.5 Å². The summed E-state index contributed by atoms with van der Waals surface area (Å²) in [6.07, 6.45) is 4.34. The number of nitrogens with zero attached hydrogens (tertiary/aromatic N) is 3. The molecule has 5 nitrogen and oxygen atoms in total. The summed E-state index contributed by atoms with van der Waals surface area (Å²) in [5.74, 6) is 1.90. The number of hydrogen-bond acceptors (Lipinski definition) is 5. The van der Waals surface area contributed by atoms with Crippen LogP contribution in [0.1, 0.15) is 12.8 Å². The maximum absolute atomic E-state index is 5.88. The van der Waals surface area contributed by atoms with Crippen LogP contribution in [0.25, 0.3) is 11.1 Å². The van der Waals surface area contributed by atoms with Gasteiger partial charge in [-0.3, -0.25) is 0 Å². The SMILES string of the molecule is Nc1ccc(-c2ccc(N3CCCC3)nc2)c(N)n1. The monoisotopic (exact) mass is 255 g/mol. The van der Waals surface area contributed by atoms with Crippen LogP contribution in [0.5, 0.6) is 0 Å². The van der Waals surface area contributed by atoms with Crippen molar-refractivity contribution in [2.24, 2.45) is 0 Å². The fraction of sp³-hybridized carbons (Fsp3) is 0.286. The van der Waals surface area contributed by atoms with Crippen molar-refractivity contribution in [2.75, 3.05) is 29.5 Å². The molecule has 4 N–H and O–H groups in total. The highest BCUT2D eigenvalue weighted by Gasteiger charge is 2.13. The lowest BCUT2D eigenvalue weighted by molar-refractivity contribution is 0.938. The number of nitrogens with two attached hydrogens (primary N) is 2. The van der Waals surface area contributed by atoms with Crippen molar-refractivity contribution in [2.45, 2.75) is 12.8 Å². The van der Waals surface area contributed by atoms with Gasteiger partial charge in [-0.05, 0) is 37.1 Å². The number of aromatic nitrogens is 2. The Morgan fingerprint density at radius 1 is 1.00 bits per heavy atom. The summed E-state index contributed by atoms with van der Waals surface area (Å²) in [5.41, 5.74) is 13.3. The number of pyridine rings is 2. The fourth-order valence-corrected chi connectivity index (χ4v) is 2.41. The number of rotatable bonds is 2. The molecule has 0 bridgehead atoms. The third-order valence-corrected chi connectivity index (χ3v) is 3.44. The van der Waals surface area contributed by atoms with Crippen LogP contribution in [0.15, 0.2) is 30.5 Å². The van der Waals surface area contributed by atoms with E-state index in [1.165, 1.54) is 12.8 Å². The molecule has 2 aromatic rings. The second-order valence-corrected chi connectivity index (χ2v) is 4.77. The average Bonchev–Trinajstić information content (AvgIpc) is 2.93. The number of anilines is 3. The maximum Gasteiger partial charge on any atom is 0.133 e. The molecule has 0 aliphatic carbocycles. The lowest BCUT2D eigenvalue weighted by Crippen LogP contribution is -2.18. The van der Waals surface area contributed by atoms with Crippen molar-refractivity contribution in [3.63, 3.8) is 0 Å². The summed E-state index contributed by atoms with van der Waals surface area (Å²) in [7, 11) is 0. The number of nitrogen functional groups attached to an aromatic ring is 2. The normalized spacial score (nSPS) is 14.8. The van der Waals surface area contributed by atoms with Gasteiger partial charge in [0.2, 0.25) is 0 Å². The van der Waals surface area contributed by atoms with Crippen LogP contribution < -0.4 is 16.4 Å². The van der Waals surface area contributed by atoms with Crippen LogP contribution >= 0.6 is 0 Å². The molecule has 0 unspecified atom stereocenters. The molecule has 0 spiro atoms. The minimum absolute atomic E-state index is 0.433. The van der Waals surface area contributed by atoms with E-state index in [2.05, 4.69) is 14.9 Å². The third-order valence-electron chi connectivity index (χ3n) is 3.44. The molecule has 1 saturated heterocycles. The molecule has 0 radical (unpaired) electrons. The van der Waals surface area contributed by atoms with Gasteiger partial charge in [0.25, 0.3) is 0 Å². The van der Waals surface area contributed by atoms with Gasteiger partial charge < -0.3 is 16.4 Å². The summed E-state index contributed by atoms with van der Waals surface area (Å²) < 4.78 is 0. The molecule has 3 rings (SSSR count). The van der Waals surface area contributed by atoms with Crippen molar-refractivity contribution in [3.8, 4) is 11.1 Å². The maximum atomic E-state index is 5.88. The van der Waals surface area contributed by atoms with Gasteiger partial charge >= 0.3 is 0 Å². The van der Waals surface area contributed by atoms with Gasteiger partial charge in [0, 0.05) is 30.4 Å². The second-order valence-electron chi connectivity index (χ2n) is 4.77. The first-order valence-corrected chi connectivity index (χ1v) is 6.47. The van der Waals surface area contributed by atoms with Gasteiger partial charge in [-0.1, -0.05) is 0 Å². The van der Waals surface area contributed by atoms with E-state index in [4.69, 9.17) is 11.5 Å². The van der Waals surface area contributed by atoms with Gasteiger partial charge in [0.15, 0.2) is 0 Å². The van der Waals surface area contributed by atoms with Crippen molar-refractivity contribution < 1.29 is 0 Å². The quantitative estimate of drug-likeness (QED) is 0.856. The van der Waals surface area contributed by atoms with Gasteiger partial charge in [-0.2, -0.15) is 0 Å². The van der Waals surface area contributed by atoms with E-state index in [0.717, 1.165) is 30.0 Å². The van der Waals surface area contributed by atoms with Crippen molar-refractivity contribution in [1.29, 1.82) is 0 Å². The van der Waals surface area contributed by atoms with E-state index in [1.54, 1.807) is 6.07 Å². The topological polar surface area (TPSA) is 81.1 Å². The Morgan fingerprint density at radius 2 is 1.79 bits per heavy atom. The molecule has 3 heterocycles. The standard InChI is InChI=1S/C14H17N5/c15-12-5-4-11(14(16)18-12)10-3-6-13(17-9-10)19-7-1-2-8-19/h3-6,9H,1-2,7-8H2,(H4,15,16,18). The molecular weight excluding hydrogens is 238 g/mol. The molecule has 98 valence electrons. The van der Waals surface area contributed by atoms with E-state index in [1.807, 2.05) is 24.4 Å². The molecule has 1 aliphatic heterocycles. The Bertz CT molecular complexity index is 573. The largest absolute Gasteiger partial charge is 0.384 e. The van der Waals surface area contributed by atoms with Crippen LogP contribution in [0.2, 0.25) is 0 Å². The van der Waals surface area contributed by atoms with Crippen molar-refractivity contribution in [3.05, 3.63) is 30.5 Å². The summed E-state index contributed by atoms with van der Waals surface area (Å²) in [6, 6.07) is 7.70. The van der Waals surface area contributed by atoms with Gasteiger partial charge in [-0.25, -0.2) is 9.97 Å². The van der Waals surface area contributed by atoms with Crippen LogP contribution in [0.3, 0.4) is 0 Å². The lowest BCUT2D eigenvalue weighted by Gasteiger charge is -2.16. The lowest BCUT2D eigenvalue weighted by atomic mass is 10.1. The first-order chi connectivity index (χ1) is 9.24. The zero-order valence-corrected chi connectivity index (χ0v) is 10.7. The highest BCUT2D eigenvalue weighted by molar-refractivity contribution is 5.74. The highest BCUT2D eigenvalue weighted by atomic mass is 15.2. The first-order valence-electron chi connectivity index (χ1n) is 6.47. The summed E-state index contributed by atoms with van der Waals surface area (Å²) >= 11 is 0. The Hall–Kier alpha value is -2.30. The molecule has 2 aromatic heterocycles. The predicted octanol–water partition coefficient (Wildman–Crippen LogP) is 1.91. The molecule has 0 saturated carbocycles. The fourth-order valence-electron chi connectivity index (χ4n) is 2.41. The highest BCUT2D eigenvalue weighted by Crippen LogP contribution is 2.26. The molecule has 5 heteroatoms. The van der Waals surface area contributed by atoms with Crippen LogP contribution in [-0.4, -0.2) is 23.1 Å². The summed E-state index contributed by atoms with van der Waals surface area (Å²) in [5, 5.41) is 0. The summed E-state index contributed by atoms with van der Waals surface area (Å²) in [4.78, 5) is 10.9. The Labute approximate surface area is 112 Å². The Morgan fingerprint density at radius 3 is 2.42 bits per heavy atom. The van der Waals surface area contributed by atoms with Crippen LogP contribution in [-0.2, 0) is 0 Å². The molecule has 1 aliphatic rings. The van der Waals surface area contributed by atoms with E-state index in [9.17, 15) is 0 Å². The second kappa shape index (κ2) is 4.76. The van der Waals surface area contributed by atoms with Gasteiger partial charge in [0.05, 0.1) is 0 Å². The third kappa shape index (κ3) is 2.31. The van der Waals surface area contributed by atoms with E-state index in [0.29, 0.717) is 11.6 Å². The average molecular weight is 255 g/mol. The smallest absolute Gasteiger partial charge is 0.133 e. The summed E-state index contributed by atoms with van der Waals surface area (Å²) in [6.45, 7) is 2.19. The van der Waals surface area contributed by atoms with Crippen LogP contribution in [0, 0.1) is 0 Å². The van der Waals surface area contributed by atoms with Gasteiger partial charge in [-0.15, -0.1) is 0 Å².